The fourth-order valence-electron chi connectivity index (χ4n) is 2.04. The molecular formula is C17H13F4NO3. The molecule has 0 atom stereocenters. The van der Waals surface area contributed by atoms with Gasteiger partial charge in [0, 0.05) is 11.3 Å². The molecule has 0 saturated carbocycles. The summed E-state index contributed by atoms with van der Waals surface area (Å²) in [4.78, 5) is 23.6. The Labute approximate surface area is 140 Å². The van der Waals surface area contributed by atoms with Crippen molar-refractivity contribution >= 4 is 17.6 Å². The predicted octanol–water partition coefficient (Wildman–Crippen LogP) is 4.19. The first-order chi connectivity index (χ1) is 11.6. The highest BCUT2D eigenvalue weighted by molar-refractivity contribution is 6.05. The number of alkyl halides is 3. The van der Waals surface area contributed by atoms with Gasteiger partial charge in [0.1, 0.15) is 5.82 Å². The van der Waals surface area contributed by atoms with Crippen LogP contribution in [-0.2, 0) is 10.9 Å². The number of esters is 1. The number of benzene rings is 2. The van der Waals surface area contributed by atoms with Crippen molar-refractivity contribution in [2.45, 2.75) is 13.1 Å². The SMILES string of the molecule is COC(=O)c1cc(NC(=O)c2ccc(C)c(F)c2)cc(C(F)(F)F)c1. The fraction of sp³-hybridized carbons (Fsp3) is 0.176. The number of ether oxygens (including phenoxy) is 1. The first-order valence-electron chi connectivity index (χ1n) is 7.00. The zero-order valence-electron chi connectivity index (χ0n) is 13.2. The summed E-state index contributed by atoms with van der Waals surface area (Å²) in [5, 5.41) is 2.22. The maximum Gasteiger partial charge on any atom is 0.416 e. The molecule has 0 unspecified atom stereocenters. The zero-order valence-corrected chi connectivity index (χ0v) is 13.2. The van der Waals surface area contributed by atoms with Gasteiger partial charge >= 0.3 is 12.1 Å². The number of aryl methyl sites for hydroxylation is 1. The quantitative estimate of drug-likeness (QED) is 0.663. The number of amides is 1. The van der Waals surface area contributed by atoms with Crippen LogP contribution in [0, 0.1) is 12.7 Å². The summed E-state index contributed by atoms with van der Waals surface area (Å²) in [5.74, 6) is -2.41. The number of nitrogens with one attached hydrogen (secondary N) is 1. The summed E-state index contributed by atoms with van der Waals surface area (Å²) in [6, 6.07) is 6.02. The van der Waals surface area contributed by atoms with Crippen molar-refractivity contribution in [3.05, 3.63) is 64.5 Å². The number of methoxy groups -OCH3 is 1. The average molecular weight is 355 g/mol. The minimum Gasteiger partial charge on any atom is -0.465 e. The second-order valence-electron chi connectivity index (χ2n) is 5.21. The molecule has 0 aromatic heterocycles. The lowest BCUT2D eigenvalue weighted by atomic mass is 10.1. The van der Waals surface area contributed by atoms with Crippen LogP contribution in [0.3, 0.4) is 0 Å². The summed E-state index contributed by atoms with van der Waals surface area (Å²) < 4.78 is 56.8. The lowest BCUT2D eigenvalue weighted by Crippen LogP contribution is -2.15. The molecule has 0 heterocycles. The van der Waals surface area contributed by atoms with Gasteiger partial charge in [0.15, 0.2) is 0 Å². The smallest absolute Gasteiger partial charge is 0.416 e. The molecule has 0 aliphatic heterocycles. The van der Waals surface area contributed by atoms with E-state index in [9.17, 15) is 27.2 Å². The van der Waals surface area contributed by atoms with E-state index in [2.05, 4.69) is 10.1 Å². The standard InChI is InChI=1S/C17H13F4NO3/c1-9-3-4-10(7-14(9)18)15(23)22-13-6-11(16(24)25-2)5-12(8-13)17(19,20)21/h3-8H,1-2H3,(H,22,23). The van der Waals surface area contributed by atoms with Crippen LogP contribution in [0.5, 0.6) is 0 Å². The number of hydrogen-bond donors (Lipinski definition) is 1. The van der Waals surface area contributed by atoms with Crippen molar-refractivity contribution in [2.75, 3.05) is 12.4 Å². The highest BCUT2D eigenvalue weighted by atomic mass is 19.4. The van der Waals surface area contributed by atoms with Gasteiger partial charge in [-0.3, -0.25) is 4.79 Å². The molecule has 2 aromatic carbocycles. The van der Waals surface area contributed by atoms with Crippen LogP contribution >= 0.6 is 0 Å². The highest BCUT2D eigenvalue weighted by Crippen LogP contribution is 2.32. The summed E-state index contributed by atoms with van der Waals surface area (Å²) in [6.45, 7) is 1.51. The lowest BCUT2D eigenvalue weighted by molar-refractivity contribution is -0.137. The third kappa shape index (κ3) is 4.34. The van der Waals surface area contributed by atoms with Gasteiger partial charge in [0.25, 0.3) is 5.91 Å². The zero-order chi connectivity index (χ0) is 18.8. The van der Waals surface area contributed by atoms with Crippen LogP contribution in [0.1, 0.15) is 31.8 Å². The number of rotatable bonds is 3. The maximum atomic E-state index is 13.5. The van der Waals surface area contributed by atoms with Crippen LogP contribution in [0.4, 0.5) is 23.2 Å². The maximum absolute atomic E-state index is 13.5. The second kappa shape index (κ2) is 6.92. The Morgan fingerprint density at radius 2 is 1.72 bits per heavy atom. The Kier molecular flexibility index (Phi) is 5.10. The van der Waals surface area contributed by atoms with Crippen LogP contribution in [0.15, 0.2) is 36.4 Å². The molecule has 0 spiro atoms. The van der Waals surface area contributed by atoms with Crippen molar-refractivity contribution in [1.82, 2.24) is 0 Å². The first-order valence-corrected chi connectivity index (χ1v) is 7.00. The molecule has 0 fully saturated rings. The Hall–Kier alpha value is -2.90. The van der Waals surface area contributed by atoms with E-state index in [4.69, 9.17) is 0 Å². The molecule has 4 nitrogen and oxygen atoms in total. The second-order valence-corrected chi connectivity index (χ2v) is 5.21. The normalized spacial score (nSPS) is 11.1. The molecule has 0 saturated heterocycles. The minimum absolute atomic E-state index is 0.0693. The molecule has 0 aliphatic carbocycles. The fourth-order valence-corrected chi connectivity index (χ4v) is 2.04. The van der Waals surface area contributed by atoms with E-state index in [0.29, 0.717) is 17.7 Å². The van der Waals surface area contributed by atoms with E-state index < -0.39 is 29.4 Å². The third-order valence-corrected chi connectivity index (χ3v) is 3.37. The number of carbonyl (C=O) groups excluding carboxylic acids is 2. The van der Waals surface area contributed by atoms with Crippen molar-refractivity contribution in [1.29, 1.82) is 0 Å². The molecule has 0 radical (unpaired) electrons. The molecule has 8 heteroatoms. The molecule has 25 heavy (non-hydrogen) atoms. The van der Waals surface area contributed by atoms with Crippen LogP contribution in [0.25, 0.3) is 0 Å². The summed E-state index contributed by atoms with van der Waals surface area (Å²) in [6.07, 6.45) is -4.72. The highest BCUT2D eigenvalue weighted by Gasteiger charge is 2.32. The van der Waals surface area contributed by atoms with Gasteiger partial charge in [-0.2, -0.15) is 13.2 Å². The van der Waals surface area contributed by atoms with E-state index in [-0.39, 0.29) is 16.8 Å². The van der Waals surface area contributed by atoms with Crippen molar-refractivity contribution in [3.8, 4) is 0 Å². The monoisotopic (exact) mass is 355 g/mol. The van der Waals surface area contributed by atoms with Crippen LogP contribution in [-0.4, -0.2) is 19.0 Å². The molecule has 1 amide bonds. The predicted molar refractivity (Wildman–Crippen MR) is 81.9 cm³/mol. The van der Waals surface area contributed by atoms with E-state index in [1.165, 1.54) is 19.1 Å². The van der Waals surface area contributed by atoms with Gasteiger partial charge in [-0.15, -0.1) is 0 Å². The molecule has 1 N–H and O–H groups in total. The molecule has 0 bridgehead atoms. The molecular weight excluding hydrogens is 342 g/mol. The van der Waals surface area contributed by atoms with Gasteiger partial charge in [-0.25, -0.2) is 9.18 Å². The Bertz CT molecular complexity index is 831. The lowest BCUT2D eigenvalue weighted by Gasteiger charge is -2.12. The van der Waals surface area contributed by atoms with Crippen LogP contribution in [0.2, 0.25) is 0 Å². The molecule has 132 valence electrons. The van der Waals surface area contributed by atoms with E-state index >= 15 is 0 Å². The number of hydrogen-bond acceptors (Lipinski definition) is 3. The third-order valence-electron chi connectivity index (χ3n) is 3.37. The van der Waals surface area contributed by atoms with Crippen molar-refractivity contribution in [3.63, 3.8) is 0 Å². The molecule has 0 aliphatic rings. The average Bonchev–Trinajstić information content (AvgIpc) is 2.55. The van der Waals surface area contributed by atoms with Gasteiger partial charge in [-0.1, -0.05) is 6.07 Å². The number of halogens is 4. The van der Waals surface area contributed by atoms with Crippen molar-refractivity contribution in [2.24, 2.45) is 0 Å². The van der Waals surface area contributed by atoms with Crippen LogP contribution < -0.4 is 5.32 Å². The summed E-state index contributed by atoms with van der Waals surface area (Å²) in [7, 11) is 1.02. The van der Waals surface area contributed by atoms with Gasteiger partial charge in [-0.05, 0) is 42.8 Å². The molecule has 2 rings (SSSR count). The number of anilines is 1. The van der Waals surface area contributed by atoms with Gasteiger partial charge in [0.05, 0.1) is 18.2 Å². The largest absolute Gasteiger partial charge is 0.465 e. The van der Waals surface area contributed by atoms with E-state index in [0.717, 1.165) is 19.2 Å². The van der Waals surface area contributed by atoms with E-state index in [1.807, 2.05) is 0 Å². The Morgan fingerprint density at radius 1 is 1.04 bits per heavy atom. The molecule has 2 aromatic rings. The van der Waals surface area contributed by atoms with Gasteiger partial charge in [0.2, 0.25) is 0 Å². The summed E-state index contributed by atoms with van der Waals surface area (Å²) in [5.41, 5.74) is -1.51. The summed E-state index contributed by atoms with van der Waals surface area (Å²) >= 11 is 0. The van der Waals surface area contributed by atoms with E-state index in [1.54, 1.807) is 0 Å². The first kappa shape index (κ1) is 18.4. The Balaban J connectivity index is 2.38. The Morgan fingerprint density at radius 3 is 2.28 bits per heavy atom. The number of carbonyl (C=O) groups is 2. The van der Waals surface area contributed by atoms with Gasteiger partial charge < -0.3 is 10.1 Å². The van der Waals surface area contributed by atoms with Crippen molar-refractivity contribution < 1.29 is 31.9 Å². The minimum atomic E-state index is -4.72. The topological polar surface area (TPSA) is 55.4 Å².